The van der Waals surface area contributed by atoms with E-state index in [0.29, 0.717) is 39.9 Å². The summed E-state index contributed by atoms with van der Waals surface area (Å²) in [5.41, 5.74) is 1.26. The van der Waals surface area contributed by atoms with Gasteiger partial charge in [0.2, 0.25) is 11.6 Å². The Morgan fingerprint density at radius 3 is 2.00 bits per heavy atom. The van der Waals surface area contributed by atoms with Crippen LogP contribution in [0.5, 0.6) is 28.7 Å². The van der Waals surface area contributed by atoms with Crippen LogP contribution in [0.4, 0.5) is 0 Å². The minimum absolute atomic E-state index is 0.0320. The molecular weight excluding hydrogens is 340 g/mol. The van der Waals surface area contributed by atoms with E-state index in [9.17, 15) is 5.11 Å². The molecule has 0 spiro atoms. The number of phenolic OH excluding ortho intramolecular Hbond substituents is 1. The van der Waals surface area contributed by atoms with Crippen LogP contribution in [0, 0.1) is 0 Å². The van der Waals surface area contributed by atoms with Gasteiger partial charge in [-0.1, -0.05) is 5.16 Å². The lowest BCUT2D eigenvalue weighted by atomic mass is 10.1. The maximum absolute atomic E-state index is 9.70. The zero-order chi connectivity index (χ0) is 18.7. The van der Waals surface area contributed by atoms with Crippen LogP contribution < -0.4 is 18.9 Å². The quantitative estimate of drug-likeness (QED) is 0.718. The third-order valence-electron chi connectivity index (χ3n) is 3.78. The average molecular weight is 358 g/mol. The fourth-order valence-electron chi connectivity index (χ4n) is 2.48. The first-order valence-corrected chi connectivity index (χ1v) is 7.62. The van der Waals surface area contributed by atoms with Crippen LogP contribution in [-0.4, -0.2) is 43.7 Å². The van der Waals surface area contributed by atoms with Crippen molar-refractivity contribution in [3.63, 3.8) is 0 Å². The molecule has 0 saturated heterocycles. The molecule has 0 aliphatic rings. The second kappa shape index (κ2) is 7.22. The monoisotopic (exact) mass is 358 g/mol. The lowest BCUT2D eigenvalue weighted by Gasteiger charge is -2.12. The van der Waals surface area contributed by atoms with E-state index in [4.69, 9.17) is 23.5 Å². The summed E-state index contributed by atoms with van der Waals surface area (Å²) in [5, 5.41) is 13.7. The average Bonchev–Trinajstić information content (AvgIpc) is 3.17. The number of hydrogen-bond donors (Lipinski definition) is 1. The lowest BCUT2D eigenvalue weighted by Crippen LogP contribution is -1.95. The van der Waals surface area contributed by atoms with Gasteiger partial charge in [-0.15, -0.1) is 0 Å². The van der Waals surface area contributed by atoms with E-state index in [1.807, 2.05) is 0 Å². The predicted molar refractivity (Wildman–Crippen MR) is 93.0 cm³/mol. The van der Waals surface area contributed by atoms with Crippen molar-refractivity contribution in [2.45, 2.75) is 0 Å². The molecule has 26 heavy (non-hydrogen) atoms. The molecular formula is C18H18N2O6. The molecule has 3 rings (SSSR count). The van der Waals surface area contributed by atoms with Crippen molar-refractivity contribution in [1.29, 1.82) is 0 Å². The van der Waals surface area contributed by atoms with Crippen LogP contribution in [0.1, 0.15) is 0 Å². The summed E-state index contributed by atoms with van der Waals surface area (Å²) < 4.78 is 26.4. The van der Waals surface area contributed by atoms with Crippen molar-refractivity contribution in [2.24, 2.45) is 0 Å². The van der Waals surface area contributed by atoms with Crippen LogP contribution >= 0.6 is 0 Å². The molecule has 0 unspecified atom stereocenters. The molecule has 3 aromatic rings. The Bertz CT molecular complexity index is 897. The van der Waals surface area contributed by atoms with Gasteiger partial charge in [-0.05, 0) is 30.3 Å². The Balaban J connectivity index is 2.02. The maximum atomic E-state index is 9.70. The van der Waals surface area contributed by atoms with Gasteiger partial charge in [0.1, 0.15) is 0 Å². The fourth-order valence-corrected chi connectivity index (χ4v) is 2.48. The third kappa shape index (κ3) is 3.08. The van der Waals surface area contributed by atoms with E-state index in [1.165, 1.54) is 34.5 Å². The molecule has 0 atom stereocenters. The Kier molecular flexibility index (Phi) is 4.83. The normalized spacial score (nSPS) is 10.5. The first-order chi connectivity index (χ1) is 12.6. The highest BCUT2D eigenvalue weighted by Gasteiger charge is 2.18. The highest BCUT2D eigenvalue weighted by atomic mass is 16.5. The third-order valence-corrected chi connectivity index (χ3v) is 3.78. The number of ether oxygens (including phenoxy) is 4. The fraction of sp³-hybridized carbons (Fsp3) is 0.222. The highest BCUT2D eigenvalue weighted by molar-refractivity contribution is 5.68. The van der Waals surface area contributed by atoms with Crippen molar-refractivity contribution in [1.82, 2.24) is 10.1 Å². The Morgan fingerprint density at radius 1 is 0.808 bits per heavy atom. The van der Waals surface area contributed by atoms with E-state index in [0.717, 1.165) is 0 Å². The standard InChI is InChI=1S/C18H18N2O6/c1-22-13-7-10(5-6-12(13)21)17-19-18(26-20-17)11-8-14(23-2)16(25-4)15(9-11)24-3/h5-9,21H,1-4H3. The molecule has 2 aromatic carbocycles. The number of benzene rings is 2. The van der Waals surface area contributed by atoms with Crippen LogP contribution in [0.25, 0.3) is 22.8 Å². The lowest BCUT2D eigenvalue weighted by molar-refractivity contribution is 0.324. The Hall–Kier alpha value is -3.42. The summed E-state index contributed by atoms with van der Waals surface area (Å²) in [7, 11) is 6.06. The Morgan fingerprint density at radius 2 is 1.42 bits per heavy atom. The topological polar surface area (TPSA) is 96.1 Å². The van der Waals surface area contributed by atoms with Gasteiger partial charge in [0.05, 0.1) is 28.4 Å². The van der Waals surface area contributed by atoms with E-state index < -0.39 is 0 Å². The number of phenols is 1. The number of methoxy groups -OCH3 is 4. The van der Waals surface area contributed by atoms with Crippen molar-refractivity contribution in [2.75, 3.05) is 28.4 Å². The van der Waals surface area contributed by atoms with Gasteiger partial charge in [0, 0.05) is 11.1 Å². The molecule has 0 fully saturated rings. The number of nitrogens with zero attached hydrogens (tertiary/aromatic N) is 2. The van der Waals surface area contributed by atoms with Crippen molar-refractivity contribution >= 4 is 0 Å². The van der Waals surface area contributed by atoms with Crippen molar-refractivity contribution in [3.05, 3.63) is 30.3 Å². The molecule has 0 amide bonds. The van der Waals surface area contributed by atoms with Gasteiger partial charge in [-0.25, -0.2) is 0 Å². The maximum Gasteiger partial charge on any atom is 0.258 e. The molecule has 1 heterocycles. The second-order valence-electron chi connectivity index (χ2n) is 5.22. The van der Waals surface area contributed by atoms with Gasteiger partial charge in [-0.2, -0.15) is 4.98 Å². The molecule has 136 valence electrons. The molecule has 1 aromatic heterocycles. The SMILES string of the molecule is COc1cc(-c2noc(-c3cc(OC)c(OC)c(OC)c3)n2)ccc1O. The first kappa shape index (κ1) is 17.4. The van der Waals surface area contributed by atoms with E-state index in [2.05, 4.69) is 10.1 Å². The second-order valence-corrected chi connectivity index (χ2v) is 5.22. The van der Waals surface area contributed by atoms with Gasteiger partial charge < -0.3 is 28.6 Å². The molecule has 1 N–H and O–H groups in total. The molecule has 0 bridgehead atoms. The summed E-state index contributed by atoms with van der Waals surface area (Å²) in [6.07, 6.45) is 0. The van der Waals surface area contributed by atoms with Gasteiger partial charge in [-0.3, -0.25) is 0 Å². The number of hydrogen-bond acceptors (Lipinski definition) is 8. The van der Waals surface area contributed by atoms with E-state index >= 15 is 0 Å². The summed E-state index contributed by atoms with van der Waals surface area (Å²) in [4.78, 5) is 4.40. The zero-order valence-corrected chi connectivity index (χ0v) is 14.8. The molecule has 0 saturated carbocycles. The molecule has 0 aliphatic heterocycles. The van der Waals surface area contributed by atoms with Crippen LogP contribution in [0.2, 0.25) is 0 Å². The molecule has 8 nitrogen and oxygen atoms in total. The van der Waals surface area contributed by atoms with E-state index in [1.54, 1.807) is 24.3 Å². The van der Waals surface area contributed by atoms with Gasteiger partial charge in [0.25, 0.3) is 5.89 Å². The summed E-state index contributed by atoms with van der Waals surface area (Å²) >= 11 is 0. The number of rotatable bonds is 6. The van der Waals surface area contributed by atoms with Crippen LogP contribution in [0.3, 0.4) is 0 Å². The van der Waals surface area contributed by atoms with Gasteiger partial charge >= 0.3 is 0 Å². The number of aromatic nitrogens is 2. The van der Waals surface area contributed by atoms with E-state index in [-0.39, 0.29) is 11.6 Å². The largest absolute Gasteiger partial charge is 0.504 e. The smallest absolute Gasteiger partial charge is 0.258 e. The molecule has 8 heteroatoms. The Labute approximate surface area is 149 Å². The highest BCUT2D eigenvalue weighted by Crippen LogP contribution is 2.41. The minimum Gasteiger partial charge on any atom is -0.504 e. The predicted octanol–water partition coefficient (Wildman–Crippen LogP) is 3.14. The summed E-state index contributed by atoms with van der Waals surface area (Å²) in [5.74, 6) is 2.42. The zero-order valence-electron chi connectivity index (χ0n) is 14.8. The molecule has 0 aliphatic carbocycles. The summed E-state index contributed by atoms with van der Waals surface area (Å²) in [6, 6.07) is 8.23. The van der Waals surface area contributed by atoms with Crippen LogP contribution in [-0.2, 0) is 0 Å². The first-order valence-electron chi connectivity index (χ1n) is 7.62. The van der Waals surface area contributed by atoms with Crippen LogP contribution in [0.15, 0.2) is 34.9 Å². The number of aromatic hydroxyl groups is 1. The van der Waals surface area contributed by atoms with Crippen molar-refractivity contribution < 1.29 is 28.6 Å². The van der Waals surface area contributed by atoms with Gasteiger partial charge in [0.15, 0.2) is 23.0 Å². The summed E-state index contributed by atoms with van der Waals surface area (Å²) in [6.45, 7) is 0. The van der Waals surface area contributed by atoms with Crippen molar-refractivity contribution in [3.8, 4) is 51.6 Å². The molecule has 0 radical (unpaired) electrons. The minimum atomic E-state index is 0.0320.